The smallest absolute Gasteiger partial charge is 0.229 e. The molecule has 4 nitrogen and oxygen atoms in total. The van der Waals surface area contributed by atoms with Crippen molar-refractivity contribution in [2.75, 3.05) is 13.1 Å². The van der Waals surface area contributed by atoms with Crippen molar-refractivity contribution in [1.82, 2.24) is 4.90 Å². The number of carbonyl (C=O) groups is 2. The van der Waals surface area contributed by atoms with Crippen LogP contribution < -0.4 is 5.73 Å². The van der Waals surface area contributed by atoms with Crippen LogP contribution in [-0.2, 0) is 16.0 Å². The van der Waals surface area contributed by atoms with Gasteiger partial charge in [0.25, 0.3) is 0 Å². The first-order valence-corrected chi connectivity index (χ1v) is 11.6. The highest BCUT2D eigenvalue weighted by atomic mass is 32.1. The summed E-state index contributed by atoms with van der Waals surface area (Å²) < 4.78 is 0. The lowest BCUT2D eigenvalue weighted by Gasteiger charge is -2.42. The second-order valence-electron chi connectivity index (χ2n) is 8.45. The SMILES string of the molecule is C[C@@H](C(=O)N1CCC[C@@](Cc2ccccc2-c2cccs2)(C(N)=O)C1)c1ccccc1. The topological polar surface area (TPSA) is 63.4 Å². The number of rotatable bonds is 6. The van der Waals surface area contributed by atoms with Crippen LogP contribution in [0.5, 0.6) is 0 Å². The Morgan fingerprint density at radius 1 is 1.06 bits per heavy atom. The lowest BCUT2D eigenvalue weighted by Crippen LogP contribution is -2.54. The van der Waals surface area contributed by atoms with Gasteiger partial charge in [-0.1, -0.05) is 60.7 Å². The van der Waals surface area contributed by atoms with Crippen LogP contribution in [0.2, 0.25) is 0 Å². The van der Waals surface area contributed by atoms with Gasteiger partial charge in [0.1, 0.15) is 0 Å². The van der Waals surface area contributed by atoms with E-state index in [1.807, 2.05) is 60.4 Å². The largest absolute Gasteiger partial charge is 0.369 e. The van der Waals surface area contributed by atoms with Crippen molar-refractivity contribution in [2.24, 2.45) is 11.1 Å². The molecule has 0 bridgehead atoms. The number of benzene rings is 2. The molecule has 0 unspecified atom stereocenters. The third kappa shape index (κ3) is 4.42. The van der Waals surface area contributed by atoms with E-state index in [1.54, 1.807) is 11.3 Å². The quantitative estimate of drug-likeness (QED) is 0.605. The van der Waals surface area contributed by atoms with E-state index in [4.69, 9.17) is 5.73 Å². The van der Waals surface area contributed by atoms with Crippen LogP contribution >= 0.6 is 11.3 Å². The molecule has 4 rings (SSSR count). The molecule has 1 aromatic heterocycles. The van der Waals surface area contributed by atoms with Crippen molar-refractivity contribution in [2.45, 2.75) is 32.1 Å². The molecule has 31 heavy (non-hydrogen) atoms. The maximum absolute atomic E-state index is 13.3. The van der Waals surface area contributed by atoms with Crippen molar-refractivity contribution in [3.63, 3.8) is 0 Å². The van der Waals surface area contributed by atoms with Gasteiger partial charge in [0.2, 0.25) is 11.8 Å². The number of hydrogen-bond donors (Lipinski definition) is 1. The number of piperidine rings is 1. The monoisotopic (exact) mass is 432 g/mol. The van der Waals surface area contributed by atoms with E-state index in [9.17, 15) is 9.59 Å². The first-order valence-electron chi connectivity index (χ1n) is 10.8. The number of likely N-dealkylation sites (tertiary alicyclic amines) is 1. The molecule has 2 amide bonds. The Morgan fingerprint density at radius 3 is 2.52 bits per heavy atom. The number of primary amides is 1. The molecule has 0 aliphatic carbocycles. The molecular formula is C26H28N2O2S. The van der Waals surface area contributed by atoms with Crippen LogP contribution in [-0.4, -0.2) is 29.8 Å². The van der Waals surface area contributed by atoms with E-state index in [0.29, 0.717) is 25.9 Å². The number of nitrogens with two attached hydrogens (primary N) is 1. The zero-order valence-electron chi connectivity index (χ0n) is 17.8. The fourth-order valence-corrected chi connectivity index (χ4v) is 5.41. The van der Waals surface area contributed by atoms with E-state index in [0.717, 1.165) is 23.1 Å². The Hall–Kier alpha value is -2.92. The second kappa shape index (κ2) is 9.06. The number of nitrogens with zero attached hydrogens (tertiary/aromatic N) is 1. The Balaban J connectivity index is 1.60. The van der Waals surface area contributed by atoms with Crippen LogP contribution in [0.1, 0.15) is 36.8 Å². The second-order valence-corrected chi connectivity index (χ2v) is 9.40. The molecule has 0 radical (unpaired) electrons. The highest BCUT2D eigenvalue weighted by Gasteiger charge is 2.43. The predicted octanol–water partition coefficient (Wildman–Crippen LogP) is 4.86. The van der Waals surface area contributed by atoms with Crippen LogP contribution in [0.15, 0.2) is 72.1 Å². The zero-order valence-corrected chi connectivity index (χ0v) is 18.6. The molecular weight excluding hydrogens is 404 g/mol. The fraction of sp³-hybridized carbons (Fsp3) is 0.308. The molecule has 1 saturated heterocycles. The van der Waals surface area contributed by atoms with E-state index in [2.05, 4.69) is 23.6 Å². The normalized spacial score (nSPS) is 19.7. The molecule has 1 aliphatic rings. The highest BCUT2D eigenvalue weighted by molar-refractivity contribution is 7.13. The van der Waals surface area contributed by atoms with Gasteiger partial charge in [0, 0.05) is 18.0 Å². The average Bonchev–Trinajstić information content (AvgIpc) is 3.34. The Morgan fingerprint density at radius 2 is 1.81 bits per heavy atom. The molecule has 1 aliphatic heterocycles. The van der Waals surface area contributed by atoms with E-state index in [1.165, 1.54) is 4.88 Å². The molecule has 2 aromatic carbocycles. The van der Waals surface area contributed by atoms with Crippen LogP contribution in [0.3, 0.4) is 0 Å². The van der Waals surface area contributed by atoms with Gasteiger partial charge in [-0.25, -0.2) is 0 Å². The van der Waals surface area contributed by atoms with Gasteiger partial charge < -0.3 is 10.6 Å². The number of hydrogen-bond acceptors (Lipinski definition) is 3. The van der Waals surface area contributed by atoms with Gasteiger partial charge in [0.05, 0.1) is 11.3 Å². The van der Waals surface area contributed by atoms with E-state index < -0.39 is 5.41 Å². The van der Waals surface area contributed by atoms with Gasteiger partial charge in [-0.05, 0) is 54.3 Å². The van der Waals surface area contributed by atoms with Gasteiger partial charge in [-0.3, -0.25) is 9.59 Å². The third-order valence-electron chi connectivity index (χ3n) is 6.41. The number of carbonyl (C=O) groups excluding carboxylic acids is 2. The summed E-state index contributed by atoms with van der Waals surface area (Å²) in [5.41, 5.74) is 8.48. The lowest BCUT2D eigenvalue weighted by molar-refractivity contribution is -0.140. The summed E-state index contributed by atoms with van der Waals surface area (Å²) in [7, 11) is 0. The Labute approximate surface area is 187 Å². The Bertz CT molecular complexity index is 1050. The molecule has 3 aromatic rings. The zero-order chi connectivity index (χ0) is 21.8. The minimum Gasteiger partial charge on any atom is -0.369 e. The summed E-state index contributed by atoms with van der Waals surface area (Å²) in [6, 6.07) is 22.1. The lowest BCUT2D eigenvalue weighted by atomic mass is 9.73. The van der Waals surface area contributed by atoms with Crippen molar-refractivity contribution in [3.05, 3.63) is 83.2 Å². The van der Waals surface area contributed by atoms with Crippen molar-refractivity contribution in [1.29, 1.82) is 0 Å². The first kappa shape index (κ1) is 21.3. The summed E-state index contributed by atoms with van der Waals surface area (Å²) >= 11 is 1.69. The van der Waals surface area contributed by atoms with Crippen LogP contribution in [0, 0.1) is 5.41 Å². The average molecular weight is 433 g/mol. The molecule has 2 heterocycles. The summed E-state index contributed by atoms with van der Waals surface area (Å²) in [5.74, 6) is -0.510. The minimum atomic E-state index is -0.752. The number of thiophene rings is 1. The standard InChI is InChI=1S/C26H28N2O2S/c1-19(20-9-3-2-4-10-20)24(29)28-15-8-14-26(18-28,25(27)30)17-21-11-5-6-12-22(21)23-13-7-16-31-23/h2-7,9-13,16,19H,8,14-15,17-18H2,1H3,(H2,27,30)/t19-,26+/m1/s1. The molecule has 160 valence electrons. The molecule has 0 spiro atoms. The van der Waals surface area contributed by atoms with Crippen molar-refractivity contribution in [3.8, 4) is 10.4 Å². The molecule has 0 saturated carbocycles. The maximum atomic E-state index is 13.3. The van der Waals surface area contributed by atoms with Gasteiger partial charge in [0.15, 0.2) is 0 Å². The Kier molecular flexibility index (Phi) is 6.23. The highest BCUT2D eigenvalue weighted by Crippen LogP contribution is 2.38. The van der Waals surface area contributed by atoms with Gasteiger partial charge >= 0.3 is 0 Å². The van der Waals surface area contributed by atoms with E-state index in [-0.39, 0.29) is 17.7 Å². The summed E-state index contributed by atoms with van der Waals surface area (Å²) in [5, 5.41) is 2.06. The summed E-state index contributed by atoms with van der Waals surface area (Å²) in [4.78, 5) is 29.1. The maximum Gasteiger partial charge on any atom is 0.229 e. The fourth-order valence-electron chi connectivity index (χ4n) is 4.62. The van der Waals surface area contributed by atoms with Crippen molar-refractivity contribution >= 4 is 23.2 Å². The molecule has 2 N–H and O–H groups in total. The summed E-state index contributed by atoms with van der Waals surface area (Å²) in [6.45, 7) is 2.97. The predicted molar refractivity (Wildman–Crippen MR) is 126 cm³/mol. The summed E-state index contributed by atoms with van der Waals surface area (Å²) in [6.07, 6.45) is 2.02. The third-order valence-corrected chi connectivity index (χ3v) is 7.32. The molecule has 5 heteroatoms. The minimum absolute atomic E-state index is 0.0584. The van der Waals surface area contributed by atoms with Crippen LogP contribution in [0.4, 0.5) is 0 Å². The van der Waals surface area contributed by atoms with Crippen molar-refractivity contribution < 1.29 is 9.59 Å². The van der Waals surface area contributed by atoms with E-state index >= 15 is 0 Å². The first-order chi connectivity index (χ1) is 15.0. The number of amides is 2. The van der Waals surface area contributed by atoms with Gasteiger partial charge in [-0.15, -0.1) is 11.3 Å². The molecule has 1 fully saturated rings. The molecule has 2 atom stereocenters. The van der Waals surface area contributed by atoms with Crippen LogP contribution in [0.25, 0.3) is 10.4 Å². The van der Waals surface area contributed by atoms with Gasteiger partial charge in [-0.2, -0.15) is 0 Å².